The Balaban J connectivity index is 1.81. The molecule has 0 atom stereocenters. The first kappa shape index (κ1) is 14.6. The molecule has 0 aliphatic heterocycles. The lowest BCUT2D eigenvalue weighted by atomic mass is 10.1. The molecule has 0 saturated carbocycles. The average molecular weight is 317 g/mol. The molecular formula is C19H19N5. The van der Waals surface area contributed by atoms with Gasteiger partial charge in [-0.05, 0) is 37.8 Å². The van der Waals surface area contributed by atoms with E-state index in [4.69, 9.17) is 0 Å². The Bertz CT molecular complexity index is 1020. The molecule has 2 heterocycles. The summed E-state index contributed by atoms with van der Waals surface area (Å²) in [6, 6.07) is 14.6. The Kier molecular flexibility index (Phi) is 3.41. The highest BCUT2D eigenvalue weighted by Gasteiger charge is 2.13. The number of nitrogens with zero attached hydrogens (tertiary/aromatic N) is 5. The lowest BCUT2D eigenvalue weighted by Gasteiger charge is -2.11. The van der Waals surface area contributed by atoms with Crippen LogP contribution in [0.3, 0.4) is 0 Å². The van der Waals surface area contributed by atoms with Crippen LogP contribution in [0.1, 0.15) is 22.8 Å². The van der Waals surface area contributed by atoms with E-state index in [-0.39, 0.29) is 0 Å². The van der Waals surface area contributed by atoms with Gasteiger partial charge in [0, 0.05) is 11.1 Å². The van der Waals surface area contributed by atoms with Gasteiger partial charge < -0.3 is 0 Å². The molecule has 5 nitrogen and oxygen atoms in total. The zero-order valence-electron chi connectivity index (χ0n) is 14.1. The van der Waals surface area contributed by atoms with Crippen LogP contribution in [0, 0.1) is 20.8 Å². The summed E-state index contributed by atoms with van der Waals surface area (Å²) in [6.45, 7) is 6.83. The summed E-state index contributed by atoms with van der Waals surface area (Å²) in [5, 5.41) is 15.5. The quantitative estimate of drug-likeness (QED) is 0.580. The molecule has 0 unspecified atom stereocenters. The van der Waals surface area contributed by atoms with Crippen LogP contribution in [0.5, 0.6) is 0 Å². The molecule has 0 spiro atoms. The molecule has 0 saturated heterocycles. The van der Waals surface area contributed by atoms with E-state index in [1.165, 1.54) is 22.0 Å². The highest BCUT2D eigenvalue weighted by molar-refractivity contribution is 5.90. The molecule has 0 amide bonds. The van der Waals surface area contributed by atoms with Crippen LogP contribution in [0.25, 0.3) is 16.5 Å². The van der Waals surface area contributed by atoms with Gasteiger partial charge in [0.1, 0.15) is 12.9 Å². The van der Waals surface area contributed by atoms with E-state index >= 15 is 0 Å². The fraction of sp³-hybridized carbons (Fsp3) is 0.211. The Morgan fingerprint density at radius 1 is 0.958 bits per heavy atom. The van der Waals surface area contributed by atoms with Crippen molar-refractivity contribution in [3.8, 4) is 5.69 Å². The van der Waals surface area contributed by atoms with Crippen molar-refractivity contribution in [3.63, 3.8) is 0 Å². The van der Waals surface area contributed by atoms with Crippen molar-refractivity contribution in [3.05, 3.63) is 71.6 Å². The molecule has 0 aliphatic carbocycles. The van der Waals surface area contributed by atoms with Gasteiger partial charge in [-0.25, -0.2) is 0 Å². The minimum absolute atomic E-state index is 0.601. The van der Waals surface area contributed by atoms with Gasteiger partial charge in [0.25, 0.3) is 0 Å². The Morgan fingerprint density at radius 2 is 1.75 bits per heavy atom. The zero-order chi connectivity index (χ0) is 16.7. The fourth-order valence-corrected chi connectivity index (χ4v) is 3.06. The number of hydrogen-bond donors (Lipinski definition) is 0. The van der Waals surface area contributed by atoms with E-state index in [1.54, 1.807) is 6.33 Å². The first-order chi connectivity index (χ1) is 11.6. The number of aromatic nitrogens is 5. The van der Waals surface area contributed by atoms with Gasteiger partial charge in [0.15, 0.2) is 5.82 Å². The van der Waals surface area contributed by atoms with Crippen LogP contribution in [-0.4, -0.2) is 24.5 Å². The van der Waals surface area contributed by atoms with E-state index < -0.39 is 0 Å². The monoisotopic (exact) mass is 317 g/mol. The third kappa shape index (κ3) is 2.29. The summed E-state index contributed by atoms with van der Waals surface area (Å²) in [6.07, 6.45) is 1.77. The van der Waals surface area contributed by atoms with Crippen molar-refractivity contribution in [2.75, 3.05) is 0 Å². The lowest BCUT2D eigenvalue weighted by molar-refractivity contribution is 0.622. The van der Waals surface area contributed by atoms with Crippen LogP contribution < -0.4 is 0 Å². The Labute approximate surface area is 140 Å². The predicted octanol–water partition coefficient (Wildman–Crippen LogP) is 3.59. The molecule has 5 heteroatoms. The SMILES string of the molecule is Cc1nn(Cc2nncn2-c2cccc3ccccc23)c(C)c1C. The second-order valence-electron chi connectivity index (χ2n) is 6.07. The lowest BCUT2D eigenvalue weighted by Crippen LogP contribution is -2.10. The number of hydrogen-bond acceptors (Lipinski definition) is 3. The van der Waals surface area contributed by atoms with Crippen molar-refractivity contribution >= 4 is 10.8 Å². The maximum Gasteiger partial charge on any atom is 0.159 e. The van der Waals surface area contributed by atoms with E-state index in [9.17, 15) is 0 Å². The van der Waals surface area contributed by atoms with E-state index in [0.717, 1.165) is 17.2 Å². The van der Waals surface area contributed by atoms with Gasteiger partial charge in [-0.2, -0.15) is 5.10 Å². The van der Waals surface area contributed by atoms with Crippen molar-refractivity contribution < 1.29 is 0 Å². The van der Waals surface area contributed by atoms with Gasteiger partial charge in [-0.15, -0.1) is 10.2 Å². The summed E-state index contributed by atoms with van der Waals surface area (Å²) in [5.74, 6) is 0.872. The molecule has 2 aromatic heterocycles. The molecule has 4 rings (SSSR count). The average Bonchev–Trinajstić information content (AvgIpc) is 3.15. The van der Waals surface area contributed by atoms with Crippen molar-refractivity contribution in [2.45, 2.75) is 27.3 Å². The van der Waals surface area contributed by atoms with Gasteiger partial charge >= 0.3 is 0 Å². The van der Waals surface area contributed by atoms with Crippen molar-refractivity contribution in [1.82, 2.24) is 24.5 Å². The molecule has 120 valence electrons. The molecule has 0 radical (unpaired) electrons. The molecule has 4 aromatic rings. The fourth-order valence-electron chi connectivity index (χ4n) is 3.06. The van der Waals surface area contributed by atoms with Gasteiger partial charge in [0.2, 0.25) is 0 Å². The minimum atomic E-state index is 0.601. The molecule has 0 N–H and O–H groups in total. The Morgan fingerprint density at radius 3 is 2.54 bits per heavy atom. The maximum absolute atomic E-state index is 4.62. The number of fused-ring (bicyclic) bond motifs is 1. The summed E-state index contributed by atoms with van der Waals surface area (Å²) in [5.41, 5.74) is 4.54. The summed E-state index contributed by atoms with van der Waals surface area (Å²) < 4.78 is 4.05. The Hall–Kier alpha value is -2.95. The zero-order valence-corrected chi connectivity index (χ0v) is 14.1. The second-order valence-corrected chi connectivity index (χ2v) is 6.07. The van der Waals surface area contributed by atoms with E-state index in [2.05, 4.69) is 71.6 Å². The number of benzene rings is 2. The standard InChI is InChI=1S/C19H19N5/c1-13-14(2)22-24(15(13)3)11-19-21-20-12-23(19)18-10-6-8-16-7-4-5-9-17(16)18/h4-10,12H,11H2,1-3H3. The van der Waals surface area contributed by atoms with Crippen LogP contribution in [0.4, 0.5) is 0 Å². The molecule has 0 aliphatic rings. The van der Waals surface area contributed by atoms with Gasteiger partial charge in [0.05, 0.1) is 11.4 Å². The summed E-state index contributed by atoms with van der Waals surface area (Å²) in [7, 11) is 0. The largest absolute Gasteiger partial charge is 0.283 e. The van der Waals surface area contributed by atoms with E-state index in [0.29, 0.717) is 6.54 Å². The molecular weight excluding hydrogens is 298 g/mol. The predicted molar refractivity (Wildman–Crippen MR) is 94.4 cm³/mol. The van der Waals surface area contributed by atoms with E-state index in [1.807, 2.05) is 16.2 Å². The third-order valence-electron chi connectivity index (χ3n) is 4.68. The van der Waals surface area contributed by atoms with Gasteiger partial charge in [-0.3, -0.25) is 9.25 Å². The summed E-state index contributed by atoms with van der Waals surface area (Å²) >= 11 is 0. The normalized spacial score (nSPS) is 11.3. The first-order valence-corrected chi connectivity index (χ1v) is 8.03. The van der Waals surface area contributed by atoms with Crippen molar-refractivity contribution in [2.24, 2.45) is 0 Å². The van der Waals surface area contributed by atoms with Crippen LogP contribution in [-0.2, 0) is 6.54 Å². The van der Waals surface area contributed by atoms with Crippen LogP contribution >= 0.6 is 0 Å². The second kappa shape index (κ2) is 5.60. The van der Waals surface area contributed by atoms with Crippen molar-refractivity contribution in [1.29, 1.82) is 0 Å². The molecule has 24 heavy (non-hydrogen) atoms. The molecule has 2 aromatic carbocycles. The molecule has 0 bridgehead atoms. The smallest absolute Gasteiger partial charge is 0.159 e. The first-order valence-electron chi connectivity index (χ1n) is 8.03. The number of rotatable bonds is 3. The maximum atomic E-state index is 4.62. The number of aryl methyl sites for hydroxylation is 1. The minimum Gasteiger partial charge on any atom is -0.283 e. The van der Waals surface area contributed by atoms with Crippen LogP contribution in [0.2, 0.25) is 0 Å². The topological polar surface area (TPSA) is 48.5 Å². The highest BCUT2D eigenvalue weighted by atomic mass is 15.3. The third-order valence-corrected chi connectivity index (χ3v) is 4.68. The summed E-state index contributed by atoms with van der Waals surface area (Å²) in [4.78, 5) is 0. The van der Waals surface area contributed by atoms with Crippen LogP contribution in [0.15, 0.2) is 48.8 Å². The molecule has 0 fully saturated rings. The highest BCUT2D eigenvalue weighted by Crippen LogP contribution is 2.23. The van der Waals surface area contributed by atoms with Gasteiger partial charge in [-0.1, -0.05) is 36.4 Å².